The minimum Gasteiger partial charge on any atom is -0.493 e. The maximum absolute atomic E-state index is 11.0. The number of nitrogens with zero attached hydrogens (tertiary/aromatic N) is 1. The summed E-state index contributed by atoms with van der Waals surface area (Å²) in [6.45, 7) is 2.03. The summed E-state index contributed by atoms with van der Waals surface area (Å²) in [7, 11) is 4.73. The zero-order chi connectivity index (χ0) is 15.4. The summed E-state index contributed by atoms with van der Waals surface area (Å²) in [6.07, 6.45) is 0.694. The highest BCUT2D eigenvalue weighted by molar-refractivity contribution is 5.70. The number of aliphatic carboxylic acids is 1. The molecule has 6 heteroatoms. The Labute approximate surface area is 124 Å². The van der Waals surface area contributed by atoms with Gasteiger partial charge in [-0.3, -0.25) is 9.69 Å². The van der Waals surface area contributed by atoms with Crippen LogP contribution in [0, 0.1) is 5.92 Å². The van der Waals surface area contributed by atoms with Crippen LogP contribution >= 0.6 is 0 Å². The summed E-state index contributed by atoms with van der Waals surface area (Å²) in [4.78, 5) is 13.1. The fourth-order valence-corrected chi connectivity index (χ4v) is 2.66. The molecule has 1 heterocycles. The van der Waals surface area contributed by atoms with Crippen LogP contribution in [0.25, 0.3) is 0 Å². The molecule has 1 aliphatic rings. The molecule has 0 amide bonds. The van der Waals surface area contributed by atoms with E-state index in [1.54, 1.807) is 21.3 Å². The lowest BCUT2D eigenvalue weighted by atomic mass is 10.1. The number of hydrogen-bond acceptors (Lipinski definition) is 5. The molecule has 0 spiro atoms. The Kier molecular flexibility index (Phi) is 4.90. The van der Waals surface area contributed by atoms with Crippen LogP contribution in [0.1, 0.15) is 12.0 Å². The first-order valence-electron chi connectivity index (χ1n) is 6.83. The van der Waals surface area contributed by atoms with Crippen LogP contribution in [0.5, 0.6) is 17.2 Å². The first kappa shape index (κ1) is 15.4. The second-order valence-electron chi connectivity index (χ2n) is 5.09. The summed E-state index contributed by atoms with van der Waals surface area (Å²) < 4.78 is 15.9. The Bertz CT molecular complexity index is 492. The summed E-state index contributed by atoms with van der Waals surface area (Å²) >= 11 is 0. The van der Waals surface area contributed by atoms with Gasteiger partial charge in [0.15, 0.2) is 11.5 Å². The number of carboxylic acids is 1. The molecular weight excluding hydrogens is 274 g/mol. The molecule has 116 valence electrons. The Hall–Kier alpha value is -1.95. The smallest absolute Gasteiger partial charge is 0.307 e. The van der Waals surface area contributed by atoms with Crippen LogP contribution < -0.4 is 14.2 Å². The number of likely N-dealkylation sites (tertiary alicyclic amines) is 1. The number of ether oxygens (including phenoxy) is 3. The second-order valence-corrected chi connectivity index (χ2v) is 5.09. The Balaban J connectivity index is 2.15. The maximum Gasteiger partial charge on any atom is 0.307 e. The van der Waals surface area contributed by atoms with E-state index in [1.807, 2.05) is 12.1 Å². The van der Waals surface area contributed by atoms with Gasteiger partial charge < -0.3 is 19.3 Å². The molecule has 1 N–H and O–H groups in total. The van der Waals surface area contributed by atoms with Gasteiger partial charge in [-0.25, -0.2) is 0 Å². The Morgan fingerprint density at radius 1 is 1.24 bits per heavy atom. The minimum absolute atomic E-state index is 0.271. The second kappa shape index (κ2) is 6.67. The van der Waals surface area contributed by atoms with Crippen molar-refractivity contribution in [3.05, 3.63) is 17.7 Å². The van der Waals surface area contributed by atoms with E-state index in [9.17, 15) is 4.79 Å². The van der Waals surface area contributed by atoms with Crippen LogP contribution in [-0.2, 0) is 11.3 Å². The molecule has 1 aliphatic heterocycles. The van der Waals surface area contributed by atoms with Crippen molar-refractivity contribution >= 4 is 5.97 Å². The minimum atomic E-state index is -0.720. The van der Waals surface area contributed by atoms with Crippen molar-refractivity contribution < 1.29 is 24.1 Å². The van der Waals surface area contributed by atoms with E-state index >= 15 is 0 Å². The monoisotopic (exact) mass is 295 g/mol. The molecule has 1 aromatic carbocycles. The van der Waals surface area contributed by atoms with Crippen molar-refractivity contribution in [2.75, 3.05) is 34.4 Å². The number of rotatable bonds is 6. The summed E-state index contributed by atoms with van der Waals surface area (Å²) in [5, 5.41) is 9.05. The average molecular weight is 295 g/mol. The number of benzene rings is 1. The predicted octanol–water partition coefficient (Wildman–Crippen LogP) is 1.62. The molecule has 1 atom stereocenters. The highest BCUT2D eigenvalue weighted by atomic mass is 16.5. The van der Waals surface area contributed by atoms with Crippen LogP contribution in [0.15, 0.2) is 12.1 Å². The van der Waals surface area contributed by atoms with Gasteiger partial charge in [-0.1, -0.05) is 0 Å². The molecule has 1 fully saturated rings. The number of carboxylic acid groups (broad SMARTS) is 1. The zero-order valence-corrected chi connectivity index (χ0v) is 12.6. The lowest BCUT2D eigenvalue weighted by molar-refractivity contribution is -0.141. The third-order valence-electron chi connectivity index (χ3n) is 3.75. The van der Waals surface area contributed by atoms with Crippen molar-refractivity contribution in [2.45, 2.75) is 13.0 Å². The van der Waals surface area contributed by atoms with E-state index in [-0.39, 0.29) is 5.92 Å². The zero-order valence-electron chi connectivity index (χ0n) is 12.6. The molecule has 0 aliphatic carbocycles. The van der Waals surface area contributed by atoms with Crippen molar-refractivity contribution in [1.29, 1.82) is 0 Å². The van der Waals surface area contributed by atoms with Gasteiger partial charge in [0.1, 0.15) is 0 Å². The van der Waals surface area contributed by atoms with Crippen LogP contribution in [-0.4, -0.2) is 50.4 Å². The number of carbonyl (C=O) groups is 1. The molecule has 0 aromatic heterocycles. The van der Waals surface area contributed by atoms with Gasteiger partial charge in [0, 0.05) is 13.1 Å². The van der Waals surface area contributed by atoms with Crippen molar-refractivity contribution in [1.82, 2.24) is 4.90 Å². The van der Waals surface area contributed by atoms with Gasteiger partial charge in [0.05, 0.1) is 27.2 Å². The SMILES string of the molecule is COc1cc(CN2CCC(C(=O)O)C2)cc(OC)c1OC. The molecule has 0 saturated carbocycles. The fraction of sp³-hybridized carbons (Fsp3) is 0.533. The van der Waals surface area contributed by atoms with E-state index in [4.69, 9.17) is 19.3 Å². The van der Waals surface area contributed by atoms with E-state index in [0.29, 0.717) is 36.8 Å². The molecule has 0 bridgehead atoms. The van der Waals surface area contributed by atoms with Crippen molar-refractivity contribution in [3.8, 4) is 17.2 Å². The molecule has 21 heavy (non-hydrogen) atoms. The molecule has 1 aromatic rings. The molecule has 1 saturated heterocycles. The highest BCUT2D eigenvalue weighted by Gasteiger charge is 2.28. The van der Waals surface area contributed by atoms with Gasteiger partial charge in [-0.15, -0.1) is 0 Å². The summed E-state index contributed by atoms with van der Waals surface area (Å²) in [5.41, 5.74) is 1.01. The van der Waals surface area contributed by atoms with Crippen LogP contribution in [0.2, 0.25) is 0 Å². The van der Waals surface area contributed by atoms with E-state index < -0.39 is 5.97 Å². The standard InChI is InChI=1S/C15H21NO5/c1-19-12-6-10(7-13(20-2)14(12)21-3)8-16-5-4-11(9-16)15(17)18/h6-7,11H,4-5,8-9H2,1-3H3,(H,17,18). The van der Waals surface area contributed by atoms with Crippen LogP contribution in [0.4, 0.5) is 0 Å². The number of hydrogen-bond donors (Lipinski definition) is 1. The van der Waals surface area contributed by atoms with E-state index in [1.165, 1.54) is 0 Å². The molecular formula is C15H21NO5. The number of methoxy groups -OCH3 is 3. The third kappa shape index (κ3) is 3.39. The van der Waals surface area contributed by atoms with Gasteiger partial charge in [0.25, 0.3) is 0 Å². The highest BCUT2D eigenvalue weighted by Crippen LogP contribution is 2.38. The third-order valence-corrected chi connectivity index (χ3v) is 3.75. The molecule has 1 unspecified atom stereocenters. The topological polar surface area (TPSA) is 68.2 Å². The van der Waals surface area contributed by atoms with Crippen molar-refractivity contribution in [2.24, 2.45) is 5.92 Å². The molecule has 0 radical (unpaired) electrons. The first-order valence-corrected chi connectivity index (χ1v) is 6.83. The van der Waals surface area contributed by atoms with E-state index in [0.717, 1.165) is 12.1 Å². The Morgan fingerprint density at radius 2 is 1.86 bits per heavy atom. The maximum atomic E-state index is 11.0. The van der Waals surface area contributed by atoms with Gasteiger partial charge in [-0.05, 0) is 30.7 Å². The van der Waals surface area contributed by atoms with Gasteiger partial charge in [-0.2, -0.15) is 0 Å². The molecule has 2 rings (SSSR count). The fourth-order valence-electron chi connectivity index (χ4n) is 2.66. The largest absolute Gasteiger partial charge is 0.493 e. The first-order chi connectivity index (χ1) is 10.1. The quantitative estimate of drug-likeness (QED) is 0.860. The Morgan fingerprint density at radius 3 is 2.29 bits per heavy atom. The summed E-state index contributed by atoms with van der Waals surface area (Å²) in [6, 6.07) is 3.80. The van der Waals surface area contributed by atoms with Crippen molar-refractivity contribution in [3.63, 3.8) is 0 Å². The predicted molar refractivity (Wildman–Crippen MR) is 77.1 cm³/mol. The molecule has 6 nitrogen and oxygen atoms in total. The van der Waals surface area contributed by atoms with E-state index in [2.05, 4.69) is 4.90 Å². The lowest BCUT2D eigenvalue weighted by Gasteiger charge is -2.18. The normalized spacial score (nSPS) is 18.5. The van der Waals surface area contributed by atoms with Crippen LogP contribution in [0.3, 0.4) is 0 Å². The van der Waals surface area contributed by atoms with Gasteiger partial charge in [0.2, 0.25) is 5.75 Å². The van der Waals surface area contributed by atoms with Gasteiger partial charge >= 0.3 is 5.97 Å². The average Bonchev–Trinajstić information content (AvgIpc) is 2.94. The summed E-state index contributed by atoms with van der Waals surface area (Å²) in [5.74, 6) is 0.796. The lowest BCUT2D eigenvalue weighted by Crippen LogP contribution is -2.22.